The Labute approximate surface area is 153 Å². The quantitative estimate of drug-likeness (QED) is 0.477. The second kappa shape index (κ2) is 13.1. The van der Waals surface area contributed by atoms with Crippen LogP contribution in [0.5, 0.6) is 0 Å². The molecule has 0 atom stereocenters. The fourth-order valence-electron chi connectivity index (χ4n) is 1.43. The van der Waals surface area contributed by atoms with E-state index in [4.69, 9.17) is 0 Å². The molecule has 0 amide bonds. The summed E-state index contributed by atoms with van der Waals surface area (Å²) in [6.07, 6.45) is 29.6. The summed E-state index contributed by atoms with van der Waals surface area (Å²) in [5.41, 5.74) is 3.22. The van der Waals surface area contributed by atoms with Crippen LogP contribution in [0.4, 0.5) is 0 Å². The number of hydrogen-bond acceptors (Lipinski definition) is 0. The minimum Gasteiger partial charge on any atom is -0.0952 e. The molecule has 0 fully saturated rings. The summed E-state index contributed by atoms with van der Waals surface area (Å²) in [7, 11) is 0. The Hall–Kier alpha value is -1.54. The van der Waals surface area contributed by atoms with E-state index in [1.54, 1.807) is 0 Å². The predicted octanol–water partition coefficient (Wildman–Crippen LogP) is 5.48. The Morgan fingerprint density at radius 3 is 0.818 bits per heavy atom. The largest absolute Gasteiger partial charge is 0.0952 e. The molecule has 0 saturated carbocycles. The van der Waals surface area contributed by atoms with Crippen LogP contribution < -0.4 is 0 Å². The Morgan fingerprint density at radius 2 is 0.727 bits per heavy atom. The van der Waals surface area contributed by atoms with Gasteiger partial charge in [0.1, 0.15) is 0 Å². The second-order valence-electron chi connectivity index (χ2n) is 4.46. The first kappa shape index (κ1) is 20.5. The van der Waals surface area contributed by atoms with Crippen molar-refractivity contribution in [2.45, 2.75) is 0 Å². The van der Waals surface area contributed by atoms with Gasteiger partial charge in [-0.15, -0.1) is 0 Å². The fourth-order valence-corrected chi connectivity index (χ4v) is 1.43. The number of rotatable bonds is 0. The van der Waals surface area contributed by atoms with Crippen molar-refractivity contribution in [3.63, 3.8) is 0 Å². The third-order valence-corrected chi connectivity index (χ3v) is 2.53. The molecule has 0 aromatic carbocycles. The van der Waals surface area contributed by atoms with E-state index in [1.165, 1.54) is 0 Å². The third-order valence-electron chi connectivity index (χ3n) is 2.53. The van der Waals surface area contributed by atoms with Crippen LogP contribution >= 0.6 is 0 Å². The molecule has 111 valence electrons. The summed E-state index contributed by atoms with van der Waals surface area (Å²) < 4.78 is 0. The first-order valence-corrected chi connectivity index (χ1v) is 6.79. The summed E-state index contributed by atoms with van der Waals surface area (Å²) in [5.74, 6) is 0. The van der Waals surface area contributed by atoms with Gasteiger partial charge in [-0.25, -0.2) is 0 Å². The van der Waals surface area contributed by atoms with Gasteiger partial charge in [-0.2, -0.15) is 0 Å². The second-order valence-corrected chi connectivity index (χ2v) is 4.46. The molecule has 0 aromatic rings. The van der Waals surface area contributed by atoms with Crippen LogP contribution in [0.1, 0.15) is 1.43 Å². The molecule has 0 saturated heterocycles. The molecule has 0 bridgehead atoms. The summed E-state index contributed by atoms with van der Waals surface area (Å²) in [6, 6.07) is 0. The molecular formula is C21H23Sn. The van der Waals surface area contributed by atoms with Crippen LogP contribution in [-0.4, -0.2) is 23.9 Å². The van der Waals surface area contributed by atoms with Gasteiger partial charge >= 0.3 is 0 Å². The normalized spacial score (nSPS) is 17.2. The molecule has 0 N–H and O–H groups in total. The van der Waals surface area contributed by atoms with Gasteiger partial charge in [0, 0.05) is 44.6 Å². The minimum absolute atomic E-state index is 0. The molecule has 22 heavy (non-hydrogen) atoms. The maximum atomic E-state index is 3.72. The topological polar surface area (TPSA) is 0 Å². The average Bonchev–Trinajstić information content (AvgIpc) is 2.51. The summed E-state index contributed by atoms with van der Waals surface area (Å²) in [5, 5.41) is 0. The molecule has 0 unspecified atom stereocenters. The first-order valence-electron chi connectivity index (χ1n) is 6.79. The van der Waals surface area contributed by atoms with Gasteiger partial charge in [-0.1, -0.05) is 92.6 Å². The van der Waals surface area contributed by atoms with Crippen LogP contribution in [0.15, 0.2) is 109 Å². The summed E-state index contributed by atoms with van der Waals surface area (Å²) in [4.78, 5) is 0. The number of hydrogen-bond donors (Lipinski definition) is 0. The Kier molecular flexibility index (Phi) is 12.2. The van der Waals surface area contributed by atoms with Crippen molar-refractivity contribution >= 4 is 23.9 Å². The zero-order valence-corrected chi connectivity index (χ0v) is 15.6. The molecule has 0 aromatic heterocycles. The van der Waals surface area contributed by atoms with Crippen molar-refractivity contribution in [1.29, 1.82) is 0 Å². The molecule has 7 radical (unpaired) electrons. The van der Waals surface area contributed by atoms with Crippen LogP contribution in [0.3, 0.4) is 0 Å². The molecule has 3 rings (SSSR count). The van der Waals surface area contributed by atoms with E-state index in [-0.39, 0.29) is 25.3 Å². The average molecular weight is 394 g/mol. The molecular weight excluding hydrogens is 371 g/mol. The van der Waals surface area contributed by atoms with Crippen molar-refractivity contribution < 1.29 is 1.43 Å². The molecule has 1 heteroatoms. The molecule has 3 aliphatic carbocycles. The zero-order valence-electron chi connectivity index (χ0n) is 12.8. The molecule has 0 heterocycles. The van der Waals surface area contributed by atoms with Crippen LogP contribution in [-0.2, 0) is 0 Å². The van der Waals surface area contributed by atoms with Gasteiger partial charge < -0.3 is 0 Å². The van der Waals surface area contributed by atoms with Crippen LogP contribution in [0.25, 0.3) is 0 Å². The van der Waals surface area contributed by atoms with Gasteiger partial charge in [-0.05, 0) is 16.7 Å². The minimum atomic E-state index is 0. The molecule has 0 aliphatic heterocycles. The smallest absolute Gasteiger partial charge is 0.0119 e. The van der Waals surface area contributed by atoms with Crippen LogP contribution in [0, 0.1) is 19.3 Å². The van der Waals surface area contributed by atoms with Gasteiger partial charge in [0.25, 0.3) is 0 Å². The molecule has 0 spiro atoms. The SMILES string of the molecule is C=C1[CH]C=CC=C1.C=C1[CH]C=CC=C1.C=C1[CH]C=CC=C1.[HH].[Sn]. The molecule has 0 nitrogen and oxygen atoms in total. The predicted molar refractivity (Wildman–Crippen MR) is 103 cm³/mol. The zero-order chi connectivity index (χ0) is 15.3. The van der Waals surface area contributed by atoms with Crippen LogP contribution in [0.2, 0.25) is 0 Å². The summed E-state index contributed by atoms with van der Waals surface area (Å²) in [6.45, 7) is 11.2. The van der Waals surface area contributed by atoms with Gasteiger partial charge in [0.15, 0.2) is 0 Å². The van der Waals surface area contributed by atoms with E-state index in [1.807, 2.05) is 92.2 Å². The van der Waals surface area contributed by atoms with Crippen molar-refractivity contribution in [3.05, 3.63) is 129 Å². The Morgan fingerprint density at radius 1 is 0.455 bits per heavy atom. The van der Waals surface area contributed by atoms with E-state index in [0.717, 1.165) is 16.7 Å². The first-order chi connectivity index (χ1) is 10.2. The van der Waals surface area contributed by atoms with Crippen molar-refractivity contribution in [1.82, 2.24) is 0 Å². The van der Waals surface area contributed by atoms with E-state index in [9.17, 15) is 0 Å². The molecule has 3 aliphatic rings. The number of allylic oxidation sites excluding steroid dienone is 15. The maximum Gasteiger partial charge on any atom is 0.0119 e. The third kappa shape index (κ3) is 11.2. The van der Waals surface area contributed by atoms with Gasteiger partial charge in [-0.3, -0.25) is 0 Å². The van der Waals surface area contributed by atoms with E-state index < -0.39 is 0 Å². The van der Waals surface area contributed by atoms with Crippen molar-refractivity contribution in [2.75, 3.05) is 0 Å². The van der Waals surface area contributed by atoms with Crippen molar-refractivity contribution in [3.8, 4) is 0 Å². The van der Waals surface area contributed by atoms with Gasteiger partial charge in [0.2, 0.25) is 0 Å². The standard InChI is InChI=1S/3C7H7.Sn.H2/c3*1-7-5-3-2-4-6-7;;/h3*2-6H,1H2;;1H. The monoisotopic (exact) mass is 395 g/mol. The Bertz CT molecular complexity index is 474. The van der Waals surface area contributed by atoms with E-state index in [0.29, 0.717) is 0 Å². The summed E-state index contributed by atoms with van der Waals surface area (Å²) >= 11 is 0. The van der Waals surface area contributed by atoms with Gasteiger partial charge in [0.05, 0.1) is 0 Å². The van der Waals surface area contributed by atoms with E-state index >= 15 is 0 Å². The van der Waals surface area contributed by atoms with Crippen molar-refractivity contribution in [2.24, 2.45) is 0 Å². The van der Waals surface area contributed by atoms with E-state index in [2.05, 4.69) is 19.7 Å². The fraction of sp³-hybridized carbons (Fsp3) is 0. The Balaban J connectivity index is 0. The maximum absolute atomic E-state index is 3.72.